The third kappa shape index (κ3) is 7.01. The number of unbranched alkanes of at least 4 members (excludes halogenated alkanes) is 1. The number of benzene rings is 1. The topological polar surface area (TPSA) is 62.9 Å². The maximum Gasteiger partial charge on any atom is 0.304 e. The molecule has 5 nitrogen and oxygen atoms in total. The maximum absolute atomic E-state index is 10.9. The summed E-state index contributed by atoms with van der Waals surface area (Å²) in [4.78, 5) is 13.0. The zero-order valence-corrected chi connectivity index (χ0v) is 15.0. The van der Waals surface area contributed by atoms with E-state index in [1.807, 2.05) is 43.3 Å². The Morgan fingerprint density at radius 3 is 2.76 bits per heavy atom. The van der Waals surface area contributed by atoms with Gasteiger partial charge in [0.2, 0.25) is 0 Å². The molecule has 0 spiro atoms. The molecule has 2 rings (SSSR count). The van der Waals surface area contributed by atoms with Gasteiger partial charge in [0.05, 0.1) is 19.6 Å². The fourth-order valence-corrected chi connectivity index (χ4v) is 2.58. The number of carboxylic acids is 1. The molecule has 0 amide bonds. The Hall–Kier alpha value is -2.27. The number of hydrogen-bond acceptors (Lipinski definition) is 4. The van der Waals surface area contributed by atoms with Crippen LogP contribution in [0.5, 0.6) is 5.75 Å². The lowest BCUT2D eigenvalue weighted by molar-refractivity contribution is -0.137. The van der Waals surface area contributed by atoms with E-state index in [2.05, 4.69) is 11.8 Å². The first-order valence-electron chi connectivity index (χ1n) is 8.78. The molecule has 0 fully saturated rings. The molecule has 0 bridgehead atoms. The first-order valence-corrected chi connectivity index (χ1v) is 8.78. The summed E-state index contributed by atoms with van der Waals surface area (Å²) in [6.07, 6.45) is 2.24. The van der Waals surface area contributed by atoms with Crippen LogP contribution in [0.15, 0.2) is 40.8 Å². The molecule has 136 valence electrons. The third-order valence-electron chi connectivity index (χ3n) is 3.89. The maximum atomic E-state index is 10.9. The second-order valence-corrected chi connectivity index (χ2v) is 6.22. The first kappa shape index (κ1) is 19.1. The van der Waals surface area contributed by atoms with Crippen molar-refractivity contribution in [2.75, 3.05) is 13.2 Å². The van der Waals surface area contributed by atoms with Crippen LogP contribution >= 0.6 is 0 Å². The quantitative estimate of drug-likeness (QED) is 0.617. The summed E-state index contributed by atoms with van der Waals surface area (Å²) in [7, 11) is 0. The van der Waals surface area contributed by atoms with Crippen molar-refractivity contribution in [3.8, 4) is 5.75 Å². The van der Waals surface area contributed by atoms with Crippen LogP contribution in [-0.2, 0) is 17.9 Å². The lowest BCUT2D eigenvalue weighted by Crippen LogP contribution is -2.25. The van der Waals surface area contributed by atoms with Crippen LogP contribution in [0.1, 0.15) is 43.3 Å². The van der Waals surface area contributed by atoms with E-state index in [0.717, 1.165) is 35.7 Å². The fourth-order valence-electron chi connectivity index (χ4n) is 2.58. The third-order valence-corrected chi connectivity index (χ3v) is 3.89. The van der Waals surface area contributed by atoms with E-state index in [9.17, 15) is 4.79 Å². The largest absolute Gasteiger partial charge is 0.494 e. The average Bonchev–Trinajstić information content (AvgIpc) is 2.98. The molecule has 0 unspecified atom stereocenters. The molecule has 2 aromatic rings. The molecule has 0 aliphatic rings. The van der Waals surface area contributed by atoms with Crippen LogP contribution in [0.4, 0.5) is 0 Å². The minimum absolute atomic E-state index is 0.104. The zero-order valence-electron chi connectivity index (χ0n) is 15.0. The predicted molar refractivity (Wildman–Crippen MR) is 96.7 cm³/mol. The zero-order chi connectivity index (χ0) is 18.1. The van der Waals surface area contributed by atoms with E-state index >= 15 is 0 Å². The summed E-state index contributed by atoms with van der Waals surface area (Å²) in [5.41, 5.74) is 1.10. The monoisotopic (exact) mass is 345 g/mol. The summed E-state index contributed by atoms with van der Waals surface area (Å²) in [6.45, 7) is 6.46. The fraction of sp³-hybridized carbons (Fsp3) is 0.450. The summed E-state index contributed by atoms with van der Waals surface area (Å²) in [5.74, 6) is 1.77. The molecule has 0 radical (unpaired) electrons. The Morgan fingerprint density at radius 1 is 1.24 bits per heavy atom. The minimum Gasteiger partial charge on any atom is -0.494 e. The Kier molecular flexibility index (Phi) is 7.54. The van der Waals surface area contributed by atoms with Gasteiger partial charge in [-0.1, -0.05) is 25.5 Å². The molecule has 1 heterocycles. The van der Waals surface area contributed by atoms with E-state index in [1.54, 1.807) is 0 Å². The van der Waals surface area contributed by atoms with Crippen molar-refractivity contribution in [3.63, 3.8) is 0 Å². The summed E-state index contributed by atoms with van der Waals surface area (Å²) < 4.78 is 11.4. The van der Waals surface area contributed by atoms with Crippen molar-refractivity contribution in [2.24, 2.45) is 0 Å². The normalized spacial score (nSPS) is 11.0. The molecule has 0 aliphatic heterocycles. The molecule has 0 saturated carbocycles. The van der Waals surface area contributed by atoms with Crippen molar-refractivity contribution in [1.82, 2.24) is 4.90 Å². The minimum atomic E-state index is -0.794. The van der Waals surface area contributed by atoms with E-state index in [4.69, 9.17) is 14.3 Å². The van der Waals surface area contributed by atoms with Gasteiger partial charge in [0.15, 0.2) is 0 Å². The van der Waals surface area contributed by atoms with Crippen molar-refractivity contribution in [2.45, 2.75) is 46.2 Å². The molecular weight excluding hydrogens is 318 g/mol. The van der Waals surface area contributed by atoms with Gasteiger partial charge in [-0.05, 0) is 43.2 Å². The molecule has 1 aromatic heterocycles. The van der Waals surface area contributed by atoms with Gasteiger partial charge in [0.25, 0.3) is 0 Å². The van der Waals surface area contributed by atoms with Crippen molar-refractivity contribution in [1.29, 1.82) is 0 Å². The van der Waals surface area contributed by atoms with Gasteiger partial charge in [0.1, 0.15) is 17.3 Å². The van der Waals surface area contributed by atoms with Crippen LogP contribution in [0, 0.1) is 6.92 Å². The van der Waals surface area contributed by atoms with Gasteiger partial charge >= 0.3 is 5.97 Å². The molecule has 1 N–H and O–H groups in total. The Bertz CT molecular complexity index is 665. The highest BCUT2D eigenvalue weighted by Gasteiger charge is 2.12. The highest BCUT2D eigenvalue weighted by Crippen LogP contribution is 2.18. The van der Waals surface area contributed by atoms with E-state index < -0.39 is 5.97 Å². The second kappa shape index (κ2) is 9.89. The van der Waals surface area contributed by atoms with Gasteiger partial charge in [0, 0.05) is 13.1 Å². The number of carbonyl (C=O) groups is 1. The number of ether oxygens (including phenoxy) is 1. The lowest BCUT2D eigenvalue weighted by atomic mass is 10.2. The van der Waals surface area contributed by atoms with Gasteiger partial charge in [-0.25, -0.2) is 0 Å². The number of aryl methyl sites for hydroxylation is 1. The standard InChI is InChI=1S/C20H27NO4/c1-3-4-12-24-18-7-5-6-17(13-18)14-21(11-10-20(22)23)15-19-9-8-16(2)25-19/h5-9,13H,3-4,10-12,14-15H2,1-2H3,(H,22,23). The van der Waals surface area contributed by atoms with Gasteiger partial charge in [-0.15, -0.1) is 0 Å². The van der Waals surface area contributed by atoms with Crippen LogP contribution in [0.3, 0.4) is 0 Å². The molecule has 0 saturated heterocycles. The molecule has 0 aliphatic carbocycles. The van der Waals surface area contributed by atoms with Crippen LogP contribution in [0.25, 0.3) is 0 Å². The second-order valence-electron chi connectivity index (χ2n) is 6.22. The summed E-state index contributed by atoms with van der Waals surface area (Å²) in [5, 5.41) is 8.99. The SMILES string of the molecule is CCCCOc1cccc(CN(CCC(=O)O)Cc2ccc(C)o2)c1. The van der Waals surface area contributed by atoms with Crippen LogP contribution < -0.4 is 4.74 Å². The Morgan fingerprint density at radius 2 is 2.08 bits per heavy atom. The Labute approximate surface area is 149 Å². The highest BCUT2D eigenvalue weighted by molar-refractivity contribution is 5.66. The number of rotatable bonds is 11. The van der Waals surface area contributed by atoms with Crippen LogP contribution in [-0.4, -0.2) is 29.1 Å². The summed E-state index contributed by atoms with van der Waals surface area (Å²) >= 11 is 0. The number of hydrogen-bond donors (Lipinski definition) is 1. The molecule has 5 heteroatoms. The number of furan rings is 1. The smallest absolute Gasteiger partial charge is 0.304 e. The van der Waals surface area contributed by atoms with Gasteiger partial charge in [-0.3, -0.25) is 9.69 Å². The average molecular weight is 345 g/mol. The predicted octanol–water partition coefficient (Wildman–Crippen LogP) is 4.24. The summed E-state index contributed by atoms with van der Waals surface area (Å²) in [6, 6.07) is 11.9. The first-order chi connectivity index (χ1) is 12.1. The lowest BCUT2D eigenvalue weighted by Gasteiger charge is -2.21. The van der Waals surface area contributed by atoms with E-state index in [1.165, 1.54) is 0 Å². The van der Waals surface area contributed by atoms with Crippen molar-refractivity contribution >= 4 is 5.97 Å². The molecule has 0 atom stereocenters. The van der Waals surface area contributed by atoms with E-state index in [-0.39, 0.29) is 6.42 Å². The number of carboxylic acid groups (broad SMARTS) is 1. The van der Waals surface area contributed by atoms with Crippen molar-refractivity contribution < 1.29 is 19.1 Å². The molecule has 1 aromatic carbocycles. The van der Waals surface area contributed by atoms with Crippen molar-refractivity contribution in [3.05, 3.63) is 53.5 Å². The molecule has 25 heavy (non-hydrogen) atoms. The van der Waals surface area contributed by atoms with Gasteiger partial charge in [-0.2, -0.15) is 0 Å². The Balaban J connectivity index is 2.01. The number of nitrogens with zero attached hydrogens (tertiary/aromatic N) is 1. The highest BCUT2D eigenvalue weighted by atomic mass is 16.5. The van der Waals surface area contributed by atoms with E-state index in [0.29, 0.717) is 26.2 Å². The molecular formula is C20H27NO4. The van der Waals surface area contributed by atoms with Crippen LogP contribution in [0.2, 0.25) is 0 Å². The van der Waals surface area contributed by atoms with Gasteiger partial charge < -0.3 is 14.3 Å². The number of aliphatic carboxylic acids is 1.